The number of hydrogen-bond acceptors (Lipinski definition) is 2. The van der Waals surface area contributed by atoms with Crippen LogP contribution in [0, 0.1) is 13.8 Å². The fourth-order valence-corrected chi connectivity index (χ4v) is 2.19. The van der Waals surface area contributed by atoms with Crippen LogP contribution in [0.1, 0.15) is 38.7 Å². The van der Waals surface area contributed by atoms with E-state index in [1.54, 1.807) is 24.3 Å². The van der Waals surface area contributed by atoms with Crippen LogP contribution in [0.5, 0.6) is 0 Å². The lowest BCUT2D eigenvalue weighted by atomic mass is 9.94. The van der Waals surface area contributed by atoms with Gasteiger partial charge in [0.25, 0.3) is 0 Å². The van der Waals surface area contributed by atoms with Crippen LogP contribution in [0.15, 0.2) is 42.5 Å². The first kappa shape index (κ1) is 13.3. The summed E-state index contributed by atoms with van der Waals surface area (Å²) in [7, 11) is 0. The molecule has 3 N–H and O–H groups in total. The second kappa shape index (κ2) is 5.24. The van der Waals surface area contributed by atoms with E-state index in [-0.39, 0.29) is 11.6 Å². The summed E-state index contributed by atoms with van der Waals surface area (Å²) in [5.74, 6) is -0.924. The molecule has 0 saturated carbocycles. The zero-order valence-corrected chi connectivity index (χ0v) is 11.1. The second-order valence-corrected chi connectivity index (χ2v) is 4.76. The zero-order chi connectivity index (χ0) is 14.0. The van der Waals surface area contributed by atoms with E-state index in [2.05, 4.69) is 6.07 Å². The summed E-state index contributed by atoms with van der Waals surface area (Å²) in [5, 5.41) is 8.87. The summed E-state index contributed by atoms with van der Waals surface area (Å²) in [6, 6.07) is 12.6. The Balaban J connectivity index is 2.33. The van der Waals surface area contributed by atoms with Gasteiger partial charge in [-0.3, -0.25) is 0 Å². The molecule has 0 aromatic heterocycles. The van der Waals surface area contributed by atoms with Crippen molar-refractivity contribution in [3.8, 4) is 0 Å². The summed E-state index contributed by atoms with van der Waals surface area (Å²) < 4.78 is 0. The van der Waals surface area contributed by atoms with Gasteiger partial charge in [0, 0.05) is 0 Å². The average Bonchev–Trinajstić information content (AvgIpc) is 2.38. The smallest absolute Gasteiger partial charge is 0.335 e. The van der Waals surface area contributed by atoms with Crippen LogP contribution >= 0.6 is 0 Å². The predicted molar refractivity (Wildman–Crippen MR) is 75.3 cm³/mol. The van der Waals surface area contributed by atoms with E-state index in [9.17, 15) is 4.79 Å². The van der Waals surface area contributed by atoms with Gasteiger partial charge in [-0.1, -0.05) is 35.9 Å². The highest BCUT2D eigenvalue weighted by Crippen LogP contribution is 2.23. The number of hydrogen-bond donors (Lipinski definition) is 2. The first-order valence-corrected chi connectivity index (χ1v) is 6.15. The molecule has 0 aliphatic rings. The van der Waals surface area contributed by atoms with Crippen molar-refractivity contribution in [3.63, 3.8) is 0 Å². The normalized spacial score (nSPS) is 12.2. The minimum Gasteiger partial charge on any atom is -0.478 e. The van der Waals surface area contributed by atoms with E-state index in [1.165, 1.54) is 5.56 Å². The molecular weight excluding hydrogens is 238 g/mol. The molecule has 0 bridgehead atoms. The van der Waals surface area contributed by atoms with E-state index in [0.717, 1.165) is 16.7 Å². The number of carboxylic acid groups (broad SMARTS) is 1. The van der Waals surface area contributed by atoms with Crippen molar-refractivity contribution in [2.24, 2.45) is 5.73 Å². The maximum Gasteiger partial charge on any atom is 0.335 e. The molecular formula is C16H17NO2. The molecule has 0 radical (unpaired) electrons. The minimum atomic E-state index is -0.924. The largest absolute Gasteiger partial charge is 0.478 e. The fourth-order valence-electron chi connectivity index (χ4n) is 2.19. The van der Waals surface area contributed by atoms with E-state index in [0.29, 0.717) is 0 Å². The van der Waals surface area contributed by atoms with E-state index in [4.69, 9.17) is 10.8 Å². The third kappa shape index (κ3) is 2.83. The zero-order valence-electron chi connectivity index (χ0n) is 11.1. The maximum absolute atomic E-state index is 10.8. The molecule has 98 valence electrons. The SMILES string of the molecule is Cc1ccc(C(N)c2ccc(C(=O)O)cc2)c(C)c1. The molecule has 2 rings (SSSR count). The Morgan fingerprint density at radius 2 is 1.74 bits per heavy atom. The van der Waals surface area contributed by atoms with Gasteiger partial charge in [-0.05, 0) is 42.7 Å². The summed E-state index contributed by atoms with van der Waals surface area (Å²) in [5.41, 5.74) is 10.8. The van der Waals surface area contributed by atoms with Gasteiger partial charge < -0.3 is 10.8 Å². The lowest BCUT2D eigenvalue weighted by molar-refractivity contribution is 0.0697. The lowest BCUT2D eigenvalue weighted by Gasteiger charge is -2.16. The molecule has 0 saturated heterocycles. The van der Waals surface area contributed by atoms with Gasteiger partial charge in [-0.15, -0.1) is 0 Å². The van der Waals surface area contributed by atoms with Crippen molar-refractivity contribution in [2.75, 3.05) is 0 Å². The first-order chi connectivity index (χ1) is 8.99. The summed E-state index contributed by atoms with van der Waals surface area (Å²) in [4.78, 5) is 10.8. The number of carbonyl (C=O) groups is 1. The molecule has 1 atom stereocenters. The molecule has 3 nitrogen and oxygen atoms in total. The van der Waals surface area contributed by atoms with E-state index in [1.807, 2.05) is 26.0 Å². The van der Waals surface area contributed by atoms with Crippen molar-refractivity contribution in [1.29, 1.82) is 0 Å². The standard InChI is InChI=1S/C16H17NO2/c1-10-3-8-14(11(2)9-10)15(17)12-4-6-13(7-5-12)16(18)19/h3-9,15H,17H2,1-2H3,(H,18,19). The van der Waals surface area contributed by atoms with Gasteiger partial charge in [-0.25, -0.2) is 4.79 Å². The Morgan fingerprint density at radius 3 is 2.26 bits per heavy atom. The monoisotopic (exact) mass is 255 g/mol. The molecule has 0 aliphatic carbocycles. The lowest BCUT2D eigenvalue weighted by Crippen LogP contribution is -2.13. The molecule has 0 heterocycles. The molecule has 0 aliphatic heterocycles. The maximum atomic E-state index is 10.8. The van der Waals surface area contributed by atoms with Gasteiger partial charge >= 0.3 is 5.97 Å². The van der Waals surface area contributed by atoms with Gasteiger partial charge in [0.15, 0.2) is 0 Å². The van der Waals surface area contributed by atoms with Crippen LogP contribution < -0.4 is 5.73 Å². The Kier molecular flexibility index (Phi) is 3.67. The van der Waals surface area contributed by atoms with Crippen molar-refractivity contribution >= 4 is 5.97 Å². The third-order valence-corrected chi connectivity index (χ3v) is 3.28. The topological polar surface area (TPSA) is 63.3 Å². The average molecular weight is 255 g/mol. The van der Waals surface area contributed by atoms with Crippen LogP contribution in [0.25, 0.3) is 0 Å². The summed E-state index contributed by atoms with van der Waals surface area (Å²) in [6.07, 6.45) is 0. The molecule has 2 aromatic carbocycles. The molecule has 0 amide bonds. The molecule has 0 fully saturated rings. The number of rotatable bonds is 3. The number of carboxylic acids is 1. The van der Waals surface area contributed by atoms with Gasteiger partial charge in [0.05, 0.1) is 11.6 Å². The van der Waals surface area contributed by atoms with E-state index >= 15 is 0 Å². The van der Waals surface area contributed by atoms with Crippen molar-refractivity contribution in [3.05, 3.63) is 70.3 Å². The molecule has 3 heteroatoms. The van der Waals surface area contributed by atoms with Crippen molar-refractivity contribution < 1.29 is 9.90 Å². The highest BCUT2D eigenvalue weighted by molar-refractivity contribution is 5.87. The quantitative estimate of drug-likeness (QED) is 0.886. The van der Waals surface area contributed by atoms with Crippen LogP contribution in [-0.2, 0) is 0 Å². The van der Waals surface area contributed by atoms with Crippen LogP contribution in [0.4, 0.5) is 0 Å². The predicted octanol–water partition coefficient (Wildman–Crippen LogP) is 3.05. The van der Waals surface area contributed by atoms with Crippen molar-refractivity contribution in [2.45, 2.75) is 19.9 Å². The van der Waals surface area contributed by atoms with E-state index < -0.39 is 5.97 Å². The van der Waals surface area contributed by atoms with Crippen LogP contribution in [-0.4, -0.2) is 11.1 Å². The minimum absolute atomic E-state index is 0.233. The third-order valence-electron chi connectivity index (χ3n) is 3.28. The Morgan fingerprint density at radius 1 is 1.11 bits per heavy atom. The van der Waals surface area contributed by atoms with Crippen LogP contribution in [0.3, 0.4) is 0 Å². The first-order valence-electron chi connectivity index (χ1n) is 6.15. The molecule has 1 unspecified atom stereocenters. The van der Waals surface area contributed by atoms with Gasteiger partial charge in [-0.2, -0.15) is 0 Å². The number of aromatic carboxylic acids is 1. The van der Waals surface area contributed by atoms with Crippen molar-refractivity contribution in [1.82, 2.24) is 0 Å². The number of nitrogens with two attached hydrogens (primary N) is 1. The highest BCUT2D eigenvalue weighted by atomic mass is 16.4. The fraction of sp³-hybridized carbons (Fsp3) is 0.188. The van der Waals surface area contributed by atoms with Gasteiger partial charge in [0.2, 0.25) is 0 Å². The second-order valence-electron chi connectivity index (χ2n) is 4.76. The van der Waals surface area contributed by atoms with Crippen LogP contribution in [0.2, 0.25) is 0 Å². The number of aryl methyl sites for hydroxylation is 2. The summed E-state index contributed by atoms with van der Waals surface area (Å²) >= 11 is 0. The molecule has 2 aromatic rings. The molecule has 0 spiro atoms. The molecule has 19 heavy (non-hydrogen) atoms. The Bertz CT molecular complexity index is 603. The van der Waals surface area contributed by atoms with Gasteiger partial charge in [0.1, 0.15) is 0 Å². The Hall–Kier alpha value is -2.13. The number of benzene rings is 2. The Labute approximate surface area is 112 Å². The highest BCUT2D eigenvalue weighted by Gasteiger charge is 2.12. The summed E-state index contributed by atoms with van der Waals surface area (Å²) in [6.45, 7) is 4.08.